The minimum atomic E-state index is -1.12. The van der Waals surface area contributed by atoms with Gasteiger partial charge in [-0.2, -0.15) is 0 Å². The molecule has 2 aromatic rings. The van der Waals surface area contributed by atoms with Gasteiger partial charge in [-0.25, -0.2) is 9.78 Å². The number of benzene rings is 1. The molecule has 1 saturated heterocycles. The lowest BCUT2D eigenvalue weighted by Gasteiger charge is -2.31. The number of nitrogens with one attached hydrogen (secondary N) is 1. The van der Waals surface area contributed by atoms with Crippen LogP contribution in [0.3, 0.4) is 0 Å². The number of nitrogens with zero attached hydrogens (tertiary/aromatic N) is 1. The Hall–Kier alpha value is -3.66. The topological polar surface area (TPSA) is 122 Å². The van der Waals surface area contributed by atoms with Crippen molar-refractivity contribution in [2.24, 2.45) is 11.8 Å². The van der Waals surface area contributed by atoms with Crippen molar-refractivity contribution < 1.29 is 38.1 Å². The van der Waals surface area contributed by atoms with E-state index in [-0.39, 0.29) is 29.7 Å². The maximum Gasteiger partial charge on any atom is 0.331 e. The van der Waals surface area contributed by atoms with Gasteiger partial charge in [-0.3, -0.25) is 9.59 Å². The first kappa shape index (κ1) is 29.9. The summed E-state index contributed by atoms with van der Waals surface area (Å²) in [5, 5.41) is 2.61. The van der Waals surface area contributed by atoms with E-state index in [1.165, 1.54) is 26.3 Å². The zero-order valence-electron chi connectivity index (χ0n) is 23.4. The van der Waals surface area contributed by atoms with Crippen molar-refractivity contribution in [1.29, 1.82) is 0 Å². The van der Waals surface area contributed by atoms with Gasteiger partial charge in [0.05, 0.1) is 20.3 Å². The first-order chi connectivity index (χ1) is 18.6. The minimum Gasteiger partial charge on any atom is -0.493 e. The van der Waals surface area contributed by atoms with Gasteiger partial charge >= 0.3 is 11.9 Å². The highest BCUT2D eigenvalue weighted by atomic mass is 16.6. The number of aromatic nitrogens is 1. The molecule has 4 atom stereocenters. The predicted octanol–water partition coefficient (Wildman–Crippen LogP) is 3.88. The van der Waals surface area contributed by atoms with Gasteiger partial charge in [0.1, 0.15) is 18.0 Å². The third-order valence-electron chi connectivity index (χ3n) is 6.39. The molecular formula is C29H38N2O8. The molecule has 0 spiro atoms. The van der Waals surface area contributed by atoms with Crippen LogP contribution in [0.5, 0.6) is 17.2 Å². The summed E-state index contributed by atoms with van der Waals surface area (Å²) < 4.78 is 28.5. The molecule has 10 heteroatoms. The number of methoxy groups -OCH3 is 1. The lowest BCUT2D eigenvalue weighted by Crippen LogP contribution is -2.47. The number of carbonyl (C=O) groups excluding carboxylic acids is 3. The van der Waals surface area contributed by atoms with E-state index in [1.54, 1.807) is 6.92 Å². The van der Waals surface area contributed by atoms with Gasteiger partial charge in [-0.1, -0.05) is 38.0 Å². The Morgan fingerprint density at radius 2 is 1.87 bits per heavy atom. The van der Waals surface area contributed by atoms with Crippen molar-refractivity contribution in [2.75, 3.05) is 20.3 Å². The van der Waals surface area contributed by atoms with Crippen LogP contribution >= 0.6 is 0 Å². The maximum absolute atomic E-state index is 13.2. The Labute approximate surface area is 229 Å². The van der Waals surface area contributed by atoms with Gasteiger partial charge < -0.3 is 29.0 Å². The lowest BCUT2D eigenvalue weighted by molar-refractivity contribution is -0.156. The largest absolute Gasteiger partial charge is 0.493 e. The predicted molar refractivity (Wildman–Crippen MR) is 143 cm³/mol. The molecule has 39 heavy (non-hydrogen) atoms. The average Bonchev–Trinajstić information content (AvgIpc) is 2.93. The summed E-state index contributed by atoms with van der Waals surface area (Å²) in [5.41, 5.74) is 0.901. The van der Waals surface area contributed by atoms with Crippen LogP contribution in [0.25, 0.3) is 0 Å². The molecule has 1 amide bonds. The average molecular weight is 543 g/mol. The van der Waals surface area contributed by atoms with Crippen molar-refractivity contribution >= 4 is 17.8 Å². The van der Waals surface area contributed by atoms with E-state index in [4.69, 9.17) is 23.7 Å². The molecule has 1 aromatic carbocycles. The minimum absolute atomic E-state index is 0.0541. The molecule has 1 aromatic heterocycles. The van der Waals surface area contributed by atoms with Crippen LogP contribution in [-0.2, 0) is 19.1 Å². The fraction of sp³-hybridized carbons (Fsp3) is 0.517. The first-order valence-electron chi connectivity index (χ1n) is 13.1. The number of aryl methyl sites for hydroxylation is 1. The molecule has 2 heterocycles. The summed E-state index contributed by atoms with van der Waals surface area (Å²) in [6.45, 7) is 9.48. The van der Waals surface area contributed by atoms with Crippen LogP contribution < -0.4 is 19.5 Å². The highest BCUT2D eigenvalue weighted by Crippen LogP contribution is 2.30. The van der Waals surface area contributed by atoms with Gasteiger partial charge in [0, 0.05) is 25.1 Å². The number of ether oxygens (including phenoxy) is 5. The van der Waals surface area contributed by atoms with Crippen molar-refractivity contribution in [1.82, 2.24) is 10.3 Å². The number of hydrogen-bond donors (Lipinski definition) is 1. The zero-order chi connectivity index (χ0) is 28.5. The van der Waals surface area contributed by atoms with E-state index in [0.717, 1.165) is 18.4 Å². The number of carbonyl (C=O) groups is 3. The normalized spacial score (nSPS) is 21.7. The second-order valence-electron chi connectivity index (χ2n) is 10.1. The third kappa shape index (κ3) is 8.41. The van der Waals surface area contributed by atoms with E-state index in [1.807, 2.05) is 31.2 Å². The van der Waals surface area contributed by atoms with Crippen LogP contribution in [0.1, 0.15) is 56.6 Å². The summed E-state index contributed by atoms with van der Waals surface area (Å²) in [6.07, 6.45) is 2.02. The highest BCUT2D eigenvalue weighted by molar-refractivity contribution is 5.98. The Balaban J connectivity index is 1.82. The quantitative estimate of drug-likeness (QED) is 0.470. The van der Waals surface area contributed by atoms with Crippen LogP contribution in [0.15, 0.2) is 36.5 Å². The van der Waals surface area contributed by atoms with Crippen molar-refractivity contribution in [2.45, 2.75) is 65.7 Å². The SMILES string of the molecule is COc1ccnc(C(=O)NC2COCC(CCC(C)C)C(Oc3ccc(C)cc3)C(C)OC2=O)c1OC(C)=O. The molecule has 0 saturated carbocycles. The molecule has 4 unspecified atom stereocenters. The van der Waals surface area contributed by atoms with Gasteiger partial charge in [0.15, 0.2) is 17.5 Å². The number of cyclic esters (lactones) is 1. The molecule has 0 bridgehead atoms. The molecule has 212 valence electrons. The Morgan fingerprint density at radius 3 is 2.51 bits per heavy atom. The number of pyridine rings is 1. The molecule has 1 N–H and O–H groups in total. The molecule has 1 aliphatic rings. The summed E-state index contributed by atoms with van der Waals surface area (Å²) in [7, 11) is 1.37. The van der Waals surface area contributed by atoms with Gasteiger partial charge in [0.25, 0.3) is 5.91 Å². The molecule has 10 nitrogen and oxygen atoms in total. The standard InChI is InChI=1S/C29H38N2O8/c1-17(2)7-10-21-15-36-16-23(29(34)37-19(4)26(21)39-22-11-8-18(3)9-12-22)31-28(33)25-27(38-20(5)32)24(35-6)13-14-30-25/h8-9,11-14,17,19,21,23,26H,7,10,15-16H2,1-6H3,(H,31,33). The lowest BCUT2D eigenvalue weighted by atomic mass is 9.91. The van der Waals surface area contributed by atoms with Gasteiger partial charge in [-0.05, 0) is 38.3 Å². The third-order valence-corrected chi connectivity index (χ3v) is 6.39. The number of amides is 1. The monoisotopic (exact) mass is 542 g/mol. The Bertz CT molecular complexity index is 1130. The van der Waals surface area contributed by atoms with Crippen molar-refractivity contribution in [3.05, 3.63) is 47.8 Å². The van der Waals surface area contributed by atoms with E-state index in [0.29, 0.717) is 18.3 Å². The number of esters is 2. The zero-order valence-corrected chi connectivity index (χ0v) is 23.4. The summed E-state index contributed by atoms with van der Waals surface area (Å²) in [4.78, 5) is 42.0. The van der Waals surface area contributed by atoms with Gasteiger partial charge in [-0.15, -0.1) is 0 Å². The molecule has 0 radical (unpaired) electrons. The fourth-order valence-electron chi connectivity index (χ4n) is 4.30. The molecule has 0 aliphatic carbocycles. The van der Waals surface area contributed by atoms with Crippen LogP contribution in [0, 0.1) is 18.8 Å². The smallest absolute Gasteiger partial charge is 0.331 e. The van der Waals surface area contributed by atoms with Crippen LogP contribution in [0.4, 0.5) is 0 Å². The highest BCUT2D eigenvalue weighted by Gasteiger charge is 2.37. The fourth-order valence-corrected chi connectivity index (χ4v) is 4.30. The molecule has 1 fully saturated rings. The van der Waals surface area contributed by atoms with Crippen LogP contribution in [0.2, 0.25) is 0 Å². The van der Waals surface area contributed by atoms with Gasteiger partial charge in [0.2, 0.25) is 5.75 Å². The number of hydrogen-bond acceptors (Lipinski definition) is 9. The summed E-state index contributed by atoms with van der Waals surface area (Å²) in [5.74, 6) is -0.963. The van der Waals surface area contributed by atoms with E-state index < -0.39 is 36.1 Å². The van der Waals surface area contributed by atoms with E-state index in [9.17, 15) is 14.4 Å². The first-order valence-corrected chi connectivity index (χ1v) is 13.1. The Morgan fingerprint density at radius 1 is 1.15 bits per heavy atom. The van der Waals surface area contributed by atoms with Crippen LogP contribution in [-0.4, -0.2) is 61.4 Å². The second-order valence-corrected chi connectivity index (χ2v) is 10.1. The van der Waals surface area contributed by atoms with E-state index >= 15 is 0 Å². The summed E-state index contributed by atoms with van der Waals surface area (Å²) >= 11 is 0. The molecular weight excluding hydrogens is 504 g/mol. The molecule has 3 rings (SSSR count). The summed E-state index contributed by atoms with van der Waals surface area (Å²) in [6, 6.07) is 8.04. The van der Waals surface area contributed by atoms with Crippen molar-refractivity contribution in [3.8, 4) is 17.2 Å². The van der Waals surface area contributed by atoms with Crippen molar-refractivity contribution in [3.63, 3.8) is 0 Å². The Kier molecular flexibility index (Phi) is 10.7. The maximum atomic E-state index is 13.2. The number of rotatable bonds is 9. The molecule has 1 aliphatic heterocycles. The van der Waals surface area contributed by atoms with E-state index in [2.05, 4.69) is 24.1 Å². The second kappa shape index (κ2) is 13.9.